The first-order valence-corrected chi connectivity index (χ1v) is 16.9. The van der Waals surface area contributed by atoms with Crippen molar-refractivity contribution in [3.8, 4) is 0 Å². The quantitative estimate of drug-likeness (QED) is 0.104. The van der Waals surface area contributed by atoms with Crippen LogP contribution in [0.1, 0.15) is 48.7 Å². The zero-order chi connectivity index (χ0) is 38.6. The molecule has 2 aromatic heterocycles. The van der Waals surface area contributed by atoms with Gasteiger partial charge in [0.15, 0.2) is 11.2 Å². The second-order valence-electron chi connectivity index (χ2n) is 12.0. The van der Waals surface area contributed by atoms with E-state index in [9.17, 15) is 43.8 Å². The number of carbonyl (C=O) groups excluding carboxylic acids is 6. The molecule has 21 nitrogen and oxygen atoms in total. The summed E-state index contributed by atoms with van der Waals surface area (Å²) >= 11 is 1.14. The highest BCUT2D eigenvalue weighted by molar-refractivity contribution is 8.00. The molecular formula is C31H32N10O11S. The van der Waals surface area contributed by atoms with Crippen LogP contribution in [0.25, 0.3) is 11.2 Å². The molecule has 4 unspecified atom stereocenters. The van der Waals surface area contributed by atoms with E-state index in [1.165, 1.54) is 35.1 Å². The van der Waals surface area contributed by atoms with Gasteiger partial charge in [-0.1, -0.05) is 11.8 Å². The van der Waals surface area contributed by atoms with Crippen molar-refractivity contribution in [2.24, 2.45) is 0 Å². The molecular weight excluding hydrogens is 720 g/mol. The highest BCUT2D eigenvalue weighted by Crippen LogP contribution is 2.50. The summed E-state index contributed by atoms with van der Waals surface area (Å²) in [6, 6.07) is 2.01. The summed E-state index contributed by atoms with van der Waals surface area (Å²) < 4.78 is 0. The van der Waals surface area contributed by atoms with Crippen LogP contribution in [0.5, 0.6) is 0 Å². The topological polar surface area (TPSA) is 317 Å². The average Bonchev–Trinajstić information content (AvgIpc) is 3.70. The highest BCUT2D eigenvalue weighted by Gasteiger charge is 2.69. The Kier molecular flexibility index (Phi) is 11.1. The van der Waals surface area contributed by atoms with Gasteiger partial charge in [-0.3, -0.25) is 44.1 Å². The van der Waals surface area contributed by atoms with Crippen LogP contribution in [-0.4, -0.2) is 117 Å². The molecule has 5 heterocycles. The van der Waals surface area contributed by atoms with E-state index in [1.54, 1.807) is 12.1 Å². The number of rotatable bonds is 13. The molecule has 3 saturated heterocycles. The van der Waals surface area contributed by atoms with Crippen LogP contribution in [0, 0.1) is 0 Å². The fourth-order valence-electron chi connectivity index (χ4n) is 6.19. The molecule has 278 valence electrons. The third-order valence-corrected chi connectivity index (χ3v) is 10.1. The SMILES string of the molecule is CC1C(=O)N2C(C(=O)O)CS[C@@]23NC(CCC(=O)CCC(NC(=O)c2ccc(NCc4cnc5nc(N)[nH]c(=O)c5n4)cc2)C(=O)O)C(=O)N13.O=C=O. The minimum atomic E-state index is -1.36. The van der Waals surface area contributed by atoms with Gasteiger partial charge in [0.05, 0.1) is 24.5 Å². The number of aliphatic carboxylic acids is 2. The van der Waals surface area contributed by atoms with Crippen molar-refractivity contribution < 1.29 is 48.6 Å². The van der Waals surface area contributed by atoms with Crippen LogP contribution < -0.4 is 27.2 Å². The maximum atomic E-state index is 13.2. The summed E-state index contributed by atoms with van der Waals surface area (Å²) in [7, 11) is 0. The van der Waals surface area contributed by atoms with Gasteiger partial charge in [0.2, 0.25) is 22.9 Å². The number of fused-ring (bicyclic) bond motifs is 1. The van der Waals surface area contributed by atoms with Gasteiger partial charge in [-0.2, -0.15) is 14.6 Å². The number of thioether (sulfide) groups is 1. The average molecular weight is 753 g/mol. The minimum Gasteiger partial charge on any atom is -0.480 e. The third kappa shape index (κ3) is 7.68. The first-order valence-electron chi connectivity index (χ1n) is 15.9. The Bertz CT molecular complexity index is 2070. The number of anilines is 2. The van der Waals surface area contributed by atoms with Gasteiger partial charge >= 0.3 is 18.1 Å². The van der Waals surface area contributed by atoms with Gasteiger partial charge < -0.3 is 26.6 Å². The molecule has 0 radical (unpaired) electrons. The van der Waals surface area contributed by atoms with E-state index >= 15 is 0 Å². The van der Waals surface area contributed by atoms with E-state index in [2.05, 4.69) is 35.9 Å². The maximum absolute atomic E-state index is 13.2. The van der Waals surface area contributed by atoms with Gasteiger partial charge in [0.25, 0.3) is 11.5 Å². The Morgan fingerprint density at radius 1 is 1.08 bits per heavy atom. The van der Waals surface area contributed by atoms with Crippen LogP contribution >= 0.6 is 11.8 Å². The lowest BCUT2D eigenvalue weighted by atomic mass is 10.0. The molecule has 0 saturated carbocycles. The molecule has 53 heavy (non-hydrogen) atoms. The van der Waals surface area contributed by atoms with Crippen molar-refractivity contribution in [2.75, 3.05) is 16.8 Å². The molecule has 5 atom stereocenters. The van der Waals surface area contributed by atoms with Crippen LogP contribution in [0.3, 0.4) is 0 Å². The molecule has 1 aromatic carbocycles. The van der Waals surface area contributed by atoms with Crippen LogP contribution in [0.15, 0.2) is 35.3 Å². The Hall–Kier alpha value is -6.25. The summed E-state index contributed by atoms with van der Waals surface area (Å²) in [6.45, 7) is 1.73. The lowest BCUT2D eigenvalue weighted by Gasteiger charge is -2.33. The van der Waals surface area contributed by atoms with E-state index in [-0.39, 0.29) is 72.6 Å². The standard InChI is InChI=1S/C30H32N10O9S.CO2/c1-13-25(44)40-20(28(48)49)12-50-30(40)38-18(26(45)39(13)30)8-6-17(41)7-9-19(27(46)47)35-23(42)14-2-4-15(5-3-14)32-10-16-11-33-22-21(34-16)24(43)37-29(31)36-22;2-1-3/h2-5,11,13,18-20,32,38H,6-10,12H2,1H3,(H,35,42)(H,46,47)(H,48,49)(H3,31,33,36,37,43);/t13?,18?,19?,20?,30-;/m1./s1. The summed E-state index contributed by atoms with van der Waals surface area (Å²) in [6.07, 6.45) is 1.31. The number of amides is 3. The number of H-pyrrole nitrogens is 1. The monoisotopic (exact) mass is 752 g/mol. The number of aromatic amines is 1. The molecule has 0 bridgehead atoms. The highest BCUT2D eigenvalue weighted by atomic mass is 32.2. The molecule has 22 heteroatoms. The first kappa shape index (κ1) is 38.0. The van der Waals surface area contributed by atoms with Crippen molar-refractivity contribution in [3.05, 3.63) is 52.1 Å². The Morgan fingerprint density at radius 2 is 1.77 bits per heavy atom. The number of nitrogens with zero attached hydrogens (tertiary/aromatic N) is 5. The van der Waals surface area contributed by atoms with E-state index in [0.29, 0.717) is 11.4 Å². The van der Waals surface area contributed by atoms with Gasteiger partial charge in [0.1, 0.15) is 23.9 Å². The minimum absolute atomic E-state index is 0.0337. The maximum Gasteiger partial charge on any atom is 0.373 e. The summed E-state index contributed by atoms with van der Waals surface area (Å²) in [5.74, 6) is -4.35. The van der Waals surface area contributed by atoms with Gasteiger partial charge in [0, 0.05) is 29.8 Å². The molecule has 8 N–H and O–H groups in total. The smallest absolute Gasteiger partial charge is 0.373 e. The molecule has 6 rings (SSSR count). The number of hydrogen-bond donors (Lipinski definition) is 7. The summed E-state index contributed by atoms with van der Waals surface area (Å²) in [5.41, 5.74) is 6.37. The largest absolute Gasteiger partial charge is 0.480 e. The van der Waals surface area contributed by atoms with Crippen molar-refractivity contribution in [3.63, 3.8) is 0 Å². The summed E-state index contributed by atoms with van der Waals surface area (Å²) in [5, 5.41) is 26.6. The lowest BCUT2D eigenvalue weighted by Crippen LogP contribution is -2.57. The summed E-state index contributed by atoms with van der Waals surface area (Å²) in [4.78, 5) is 121. The van der Waals surface area contributed by atoms with Crippen molar-refractivity contribution in [1.82, 2.24) is 40.4 Å². The predicted molar refractivity (Wildman–Crippen MR) is 180 cm³/mol. The number of Topliss-reactive ketones (excluding diaryl/α,β-unsaturated/α-hetero) is 1. The number of nitrogens with two attached hydrogens (primary N) is 1. The van der Waals surface area contributed by atoms with Gasteiger partial charge in [-0.15, -0.1) is 0 Å². The first-order chi connectivity index (χ1) is 25.2. The molecule has 1 spiro atoms. The fraction of sp³-hybridized carbons (Fsp3) is 0.387. The molecule has 3 aliphatic heterocycles. The van der Waals surface area contributed by atoms with E-state index < -0.39 is 64.5 Å². The fourth-order valence-corrected chi connectivity index (χ4v) is 7.84. The number of carboxylic acids is 2. The molecule has 3 amide bonds. The van der Waals surface area contributed by atoms with Gasteiger partial charge in [-0.25, -0.2) is 19.6 Å². The number of nitrogens with one attached hydrogen (secondary N) is 4. The van der Waals surface area contributed by atoms with Crippen LogP contribution in [0.4, 0.5) is 11.6 Å². The molecule has 3 fully saturated rings. The Labute approximate surface area is 302 Å². The van der Waals surface area contributed by atoms with E-state index in [4.69, 9.17) is 15.3 Å². The number of aromatic nitrogens is 4. The number of hydrogen-bond acceptors (Lipinski definition) is 16. The normalized spacial score (nSPS) is 21.9. The van der Waals surface area contributed by atoms with Crippen molar-refractivity contribution >= 4 is 76.2 Å². The second kappa shape index (κ2) is 15.6. The molecule has 3 aliphatic rings. The lowest BCUT2D eigenvalue weighted by molar-refractivity contribution is -0.191. The number of carbonyl (C=O) groups is 6. The Morgan fingerprint density at radius 3 is 2.43 bits per heavy atom. The van der Waals surface area contributed by atoms with Crippen molar-refractivity contribution in [2.45, 2.75) is 68.4 Å². The zero-order valence-electron chi connectivity index (χ0n) is 27.7. The number of nitrogen functional groups attached to an aromatic ring is 1. The van der Waals surface area contributed by atoms with E-state index in [1.807, 2.05) is 0 Å². The molecule has 0 aliphatic carbocycles. The van der Waals surface area contributed by atoms with Crippen LogP contribution in [0.2, 0.25) is 0 Å². The molecule has 3 aromatic rings. The Balaban J connectivity index is 0.00000175. The van der Waals surface area contributed by atoms with Crippen molar-refractivity contribution in [1.29, 1.82) is 0 Å². The van der Waals surface area contributed by atoms with Gasteiger partial charge in [-0.05, 0) is 44.0 Å². The van der Waals surface area contributed by atoms with E-state index in [0.717, 1.165) is 11.8 Å². The van der Waals surface area contributed by atoms with Crippen LogP contribution in [-0.2, 0) is 40.1 Å². The number of benzene rings is 1. The third-order valence-electron chi connectivity index (χ3n) is 8.71. The number of carboxylic acid groups (broad SMARTS) is 2. The zero-order valence-corrected chi connectivity index (χ0v) is 28.5. The predicted octanol–water partition coefficient (Wildman–Crippen LogP) is -1.52. The second-order valence-corrected chi connectivity index (χ2v) is 13.2. The number of ketones is 1.